The summed E-state index contributed by atoms with van der Waals surface area (Å²) in [7, 11) is -2.58. The van der Waals surface area contributed by atoms with Crippen LogP contribution in [0, 0.1) is 4.78 Å². The van der Waals surface area contributed by atoms with Gasteiger partial charge in [-0.3, -0.25) is 4.68 Å². The average molecular weight is 173 g/mol. The van der Waals surface area contributed by atoms with E-state index in [0.717, 1.165) is 6.54 Å². The maximum Gasteiger partial charge on any atom is 0.0848 e. The van der Waals surface area contributed by atoms with Gasteiger partial charge in [-0.1, -0.05) is 0 Å². The van der Waals surface area contributed by atoms with Crippen LogP contribution in [0.3, 0.4) is 0 Å². The molecule has 0 fully saturated rings. The average Bonchev–Trinajstić information content (AvgIpc) is 2.32. The second-order valence-electron chi connectivity index (χ2n) is 2.38. The first-order valence-electron chi connectivity index (χ1n) is 3.30. The molecule has 4 nitrogen and oxygen atoms in total. The van der Waals surface area contributed by atoms with Gasteiger partial charge < -0.3 is 0 Å². The molecular weight excluding hydrogens is 162 g/mol. The highest BCUT2D eigenvalue weighted by atomic mass is 32.2. The predicted octanol–water partition coefficient (Wildman–Crippen LogP) is 0.938. The van der Waals surface area contributed by atoms with Gasteiger partial charge in [0.15, 0.2) is 0 Å². The fourth-order valence-electron chi connectivity index (χ4n) is 0.719. The molecule has 1 unspecified atom stereocenters. The van der Waals surface area contributed by atoms with Crippen LogP contribution in [0.2, 0.25) is 0 Å². The van der Waals surface area contributed by atoms with Crippen molar-refractivity contribution in [1.29, 1.82) is 4.78 Å². The van der Waals surface area contributed by atoms with Gasteiger partial charge in [0, 0.05) is 19.0 Å². The van der Waals surface area contributed by atoms with Crippen LogP contribution in [-0.4, -0.2) is 20.2 Å². The molecule has 1 heterocycles. The van der Waals surface area contributed by atoms with Gasteiger partial charge in [-0.15, -0.1) is 0 Å². The van der Waals surface area contributed by atoms with Crippen molar-refractivity contribution in [1.82, 2.24) is 9.78 Å². The van der Waals surface area contributed by atoms with Crippen LogP contribution in [0.4, 0.5) is 0 Å². The molecular formula is C6H11N3OS. The molecule has 0 aliphatic heterocycles. The molecule has 0 aliphatic rings. The molecule has 1 aromatic heterocycles. The molecule has 1 aromatic rings. The molecule has 0 saturated carbocycles. The Bertz CT molecular complexity index is 338. The quantitative estimate of drug-likeness (QED) is 0.723. The predicted molar refractivity (Wildman–Crippen MR) is 43.0 cm³/mol. The second-order valence-corrected chi connectivity index (χ2v) is 4.53. The highest BCUT2D eigenvalue weighted by Crippen LogP contribution is 2.06. The van der Waals surface area contributed by atoms with Gasteiger partial charge in [0.2, 0.25) is 0 Å². The van der Waals surface area contributed by atoms with Crippen LogP contribution >= 0.6 is 0 Å². The van der Waals surface area contributed by atoms with E-state index in [0.29, 0.717) is 4.90 Å². The summed E-state index contributed by atoms with van der Waals surface area (Å²) in [5.74, 6) is 0. The number of aryl methyl sites for hydroxylation is 1. The molecule has 0 amide bonds. The lowest BCUT2D eigenvalue weighted by Gasteiger charge is -1.93. The molecule has 0 aromatic carbocycles. The van der Waals surface area contributed by atoms with Crippen molar-refractivity contribution in [2.45, 2.75) is 18.4 Å². The molecule has 0 spiro atoms. The Balaban J connectivity index is 3.09. The van der Waals surface area contributed by atoms with E-state index in [1.54, 1.807) is 10.9 Å². The third kappa shape index (κ3) is 1.80. The van der Waals surface area contributed by atoms with Crippen molar-refractivity contribution in [2.24, 2.45) is 0 Å². The van der Waals surface area contributed by atoms with E-state index in [4.69, 9.17) is 4.78 Å². The maximum atomic E-state index is 11.1. The second kappa shape index (κ2) is 2.65. The van der Waals surface area contributed by atoms with Gasteiger partial charge in [-0.05, 0) is 6.92 Å². The van der Waals surface area contributed by atoms with E-state index in [1.807, 2.05) is 6.92 Å². The largest absolute Gasteiger partial charge is 0.272 e. The normalized spacial score (nSPS) is 16.2. The fraction of sp³-hybridized carbons (Fsp3) is 0.500. The summed E-state index contributed by atoms with van der Waals surface area (Å²) in [4.78, 5) is 0.499. The van der Waals surface area contributed by atoms with Gasteiger partial charge in [-0.25, -0.2) is 8.99 Å². The van der Waals surface area contributed by atoms with Gasteiger partial charge in [-0.2, -0.15) is 5.10 Å². The highest BCUT2D eigenvalue weighted by molar-refractivity contribution is 7.91. The van der Waals surface area contributed by atoms with E-state index in [-0.39, 0.29) is 0 Å². The minimum atomic E-state index is -2.58. The molecule has 1 N–H and O–H groups in total. The highest BCUT2D eigenvalue weighted by Gasteiger charge is 2.04. The maximum absolute atomic E-state index is 11.1. The third-order valence-electron chi connectivity index (χ3n) is 1.38. The molecule has 0 saturated heterocycles. The van der Waals surface area contributed by atoms with Crippen molar-refractivity contribution < 1.29 is 4.21 Å². The zero-order chi connectivity index (χ0) is 8.48. The van der Waals surface area contributed by atoms with E-state index >= 15 is 0 Å². The number of aromatic nitrogens is 2. The summed E-state index contributed by atoms with van der Waals surface area (Å²) in [5.41, 5.74) is 0. The van der Waals surface area contributed by atoms with E-state index in [9.17, 15) is 4.21 Å². The monoisotopic (exact) mass is 173 g/mol. The lowest BCUT2D eigenvalue weighted by atomic mass is 10.7. The Kier molecular flexibility index (Phi) is 1.99. The number of hydrogen-bond donors (Lipinski definition) is 1. The first-order chi connectivity index (χ1) is 5.04. The minimum Gasteiger partial charge on any atom is -0.272 e. The molecule has 0 radical (unpaired) electrons. The van der Waals surface area contributed by atoms with Crippen molar-refractivity contribution >= 4 is 9.73 Å². The first kappa shape index (κ1) is 8.26. The Morgan fingerprint density at radius 2 is 2.45 bits per heavy atom. The molecule has 11 heavy (non-hydrogen) atoms. The lowest BCUT2D eigenvalue weighted by Crippen LogP contribution is -1.94. The van der Waals surface area contributed by atoms with Crippen LogP contribution in [0.1, 0.15) is 6.92 Å². The third-order valence-corrected chi connectivity index (χ3v) is 2.49. The smallest absolute Gasteiger partial charge is 0.0848 e. The summed E-state index contributed by atoms with van der Waals surface area (Å²) in [5, 5.41) is 3.92. The Labute approximate surface area is 66.2 Å². The number of nitrogens with one attached hydrogen (secondary N) is 1. The van der Waals surface area contributed by atoms with Crippen molar-refractivity contribution in [3.63, 3.8) is 0 Å². The van der Waals surface area contributed by atoms with Crippen LogP contribution in [0.25, 0.3) is 0 Å². The van der Waals surface area contributed by atoms with Crippen molar-refractivity contribution in [3.05, 3.63) is 12.4 Å². The summed E-state index contributed by atoms with van der Waals surface area (Å²) in [6.07, 6.45) is 4.53. The van der Waals surface area contributed by atoms with Crippen molar-refractivity contribution in [3.8, 4) is 0 Å². The molecule has 5 heteroatoms. The Morgan fingerprint density at radius 3 is 2.73 bits per heavy atom. The van der Waals surface area contributed by atoms with E-state index in [2.05, 4.69) is 5.10 Å². The zero-order valence-electron chi connectivity index (χ0n) is 6.57. The van der Waals surface area contributed by atoms with Crippen LogP contribution in [0.15, 0.2) is 17.3 Å². The SMILES string of the molecule is CCn1cc(S(C)(=N)=O)cn1. The summed E-state index contributed by atoms with van der Waals surface area (Å²) < 4.78 is 20.0. The Hall–Kier alpha value is -0.840. The molecule has 1 atom stereocenters. The van der Waals surface area contributed by atoms with E-state index in [1.165, 1.54) is 12.5 Å². The minimum absolute atomic E-state index is 0.499. The molecule has 62 valence electrons. The number of hydrogen-bond acceptors (Lipinski definition) is 3. The van der Waals surface area contributed by atoms with Crippen molar-refractivity contribution in [2.75, 3.05) is 6.26 Å². The summed E-state index contributed by atoms with van der Waals surface area (Å²) in [6.45, 7) is 2.69. The number of nitrogens with zero attached hydrogens (tertiary/aromatic N) is 2. The standard InChI is InChI=1S/C6H11N3OS/c1-3-9-5-6(4-8-9)11(2,7)10/h4-5,7H,3H2,1-2H3. The fourth-order valence-corrected chi connectivity index (χ4v) is 1.29. The lowest BCUT2D eigenvalue weighted by molar-refractivity contribution is 0.657. The molecule has 1 rings (SSSR count). The Morgan fingerprint density at radius 1 is 1.82 bits per heavy atom. The number of rotatable bonds is 2. The van der Waals surface area contributed by atoms with Gasteiger partial charge in [0.25, 0.3) is 0 Å². The van der Waals surface area contributed by atoms with Gasteiger partial charge in [0.05, 0.1) is 20.8 Å². The summed E-state index contributed by atoms with van der Waals surface area (Å²) in [6, 6.07) is 0. The molecule has 0 aliphatic carbocycles. The zero-order valence-corrected chi connectivity index (χ0v) is 7.39. The van der Waals surface area contributed by atoms with Crippen LogP contribution < -0.4 is 0 Å². The molecule has 0 bridgehead atoms. The topological polar surface area (TPSA) is 58.7 Å². The van der Waals surface area contributed by atoms with E-state index < -0.39 is 9.73 Å². The van der Waals surface area contributed by atoms with Crippen LogP contribution in [0.5, 0.6) is 0 Å². The summed E-state index contributed by atoms with van der Waals surface area (Å²) >= 11 is 0. The van der Waals surface area contributed by atoms with Gasteiger partial charge >= 0.3 is 0 Å². The van der Waals surface area contributed by atoms with Crippen LogP contribution in [-0.2, 0) is 16.3 Å². The van der Waals surface area contributed by atoms with Gasteiger partial charge in [0.1, 0.15) is 0 Å². The first-order valence-corrected chi connectivity index (χ1v) is 5.27.